The Balaban J connectivity index is 2.25. The lowest BCUT2D eigenvalue weighted by Gasteiger charge is -2.07. The summed E-state index contributed by atoms with van der Waals surface area (Å²) in [6, 6.07) is 4.46. The third kappa shape index (κ3) is 3.09. The summed E-state index contributed by atoms with van der Waals surface area (Å²) in [7, 11) is 1.52. The Morgan fingerprint density at radius 2 is 2.30 bits per heavy atom. The number of aromatic nitrogens is 3. The summed E-state index contributed by atoms with van der Waals surface area (Å²) in [6.45, 7) is 0.848. The van der Waals surface area contributed by atoms with E-state index in [0.717, 1.165) is 5.69 Å². The molecule has 0 fully saturated rings. The highest BCUT2D eigenvalue weighted by molar-refractivity contribution is 5.43. The molecule has 106 valence electrons. The molecule has 2 rings (SSSR count). The van der Waals surface area contributed by atoms with Gasteiger partial charge in [-0.05, 0) is 12.6 Å². The largest absolute Gasteiger partial charge is 0.496 e. The summed E-state index contributed by atoms with van der Waals surface area (Å²) in [5.74, 6) is 0.575. The monoisotopic (exact) mass is 277 g/mol. The van der Waals surface area contributed by atoms with E-state index >= 15 is 0 Å². The average molecular weight is 277 g/mol. The number of benzene rings is 1. The van der Waals surface area contributed by atoms with E-state index in [0.29, 0.717) is 30.8 Å². The lowest BCUT2D eigenvalue weighted by atomic mass is 10.1. The van der Waals surface area contributed by atoms with Crippen molar-refractivity contribution in [2.45, 2.75) is 13.0 Å². The minimum Gasteiger partial charge on any atom is -0.496 e. The molecule has 0 unspecified atom stereocenters. The number of nitro benzene ring substituents is 1. The highest BCUT2D eigenvalue weighted by Gasteiger charge is 2.12. The van der Waals surface area contributed by atoms with Crippen molar-refractivity contribution in [3.63, 3.8) is 0 Å². The zero-order valence-corrected chi connectivity index (χ0v) is 11.0. The molecular weight excluding hydrogens is 262 g/mol. The van der Waals surface area contributed by atoms with Crippen LogP contribution in [0, 0.1) is 10.1 Å². The van der Waals surface area contributed by atoms with Crippen LogP contribution >= 0.6 is 0 Å². The van der Waals surface area contributed by atoms with Crippen LogP contribution in [0.4, 0.5) is 5.69 Å². The summed E-state index contributed by atoms with van der Waals surface area (Å²) in [5.41, 5.74) is 6.93. The van der Waals surface area contributed by atoms with Crippen LogP contribution in [0.3, 0.4) is 0 Å². The first-order valence-corrected chi connectivity index (χ1v) is 6.04. The van der Waals surface area contributed by atoms with E-state index in [1.165, 1.54) is 19.2 Å². The molecule has 2 aromatic rings. The first kappa shape index (κ1) is 13.9. The lowest BCUT2D eigenvalue weighted by molar-refractivity contribution is -0.384. The number of ether oxygens (including phenoxy) is 1. The van der Waals surface area contributed by atoms with Gasteiger partial charge in [-0.3, -0.25) is 10.1 Å². The third-order valence-corrected chi connectivity index (χ3v) is 2.79. The zero-order valence-electron chi connectivity index (χ0n) is 11.0. The molecule has 0 saturated heterocycles. The van der Waals surface area contributed by atoms with Crippen LogP contribution in [0.2, 0.25) is 0 Å². The maximum absolute atomic E-state index is 10.8. The quantitative estimate of drug-likeness (QED) is 0.616. The summed E-state index contributed by atoms with van der Waals surface area (Å²) < 4.78 is 6.81. The Morgan fingerprint density at radius 3 is 2.95 bits per heavy atom. The van der Waals surface area contributed by atoms with E-state index in [-0.39, 0.29) is 5.69 Å². The fourth-order valence-electron chi connectivity index (χ4n) is 1.85. The smallest absolute Gasteiger partial charge is 0.270 e. The summed E-state index contributed by atoms with van der Waals surface area (Å²) in [5, 5.41) is 18.7. The second kappa shape index (κ2) is 6.11. The predicted molar refractivity (Wildman–Crippen MR) is 71.5 cm³/mol. The van der Waals surface area contributed by atoms with Crippen molar-refractivity contribution in [1.29, 1.82) is 0 Å². The molecule has 0 aliphatic carbocycles. The molecule has 1 aromatic carbocycles. The Labute approximate surface area is 115 Å². The van der Waals surface area contributed by atoms with Crippen molar-refractivity contribution < 1.29 is 9.66 Å². The van der Waals surface area contributed by atoms with Gasteiger partial charge >= 0.3 is 0 Å². The number of hydrogen-bond donors (Lipinski definition) is 1. The first-order valence-electron chi connectivity index (χ1n) is 6.04. The van der Waals surface area contributed by atoms with Crippen LogP contribution in [0.15, 0.2) is 24.4 Å². The number of hydrogen-bond acceptors (Lipinski definition) is 6. The molecule has 8 heteroatoms. The van der Waals surface area contributed by atoms with Gasteiger partial charge in [0.25, 0.3) is 5.69 Å². The minimum absolute atomic E-state index is 0.0168. The molecule has 0 atom stereocenters. The number of nitrogens with two attached hydrogens (primary N) is 1. The molecule has 2 N–H and O–H groups in total. The minimum atomic E-state index is -0.440. The lowest BCUT2D eigenvalue weighted by Crippen LogP contribution is -2.04. The van der Waals surface area contributed by atoms with Gasteiger partial charge < -0.3 is 10.5 Å². The molecular formula is C12H15N5O3. The van der Waals surface area contributed by atoms with Crippen LogP contribution in [-0.2, 0) is 13.0 Å². The summed E-state index contributed by atoms with van der Waals surface area (Å²) >= 11 is 0. The van der Waals surface area contributed by atoms with Gasteiger partial charge in [-0.25, -0.2) is 4.68 Å². The van der Waals surface area contributed by atoms with Gasteiger partial charge in [0, 0.05) is 30.3 Å². The topological polar surface area (TPSA) is 109 Å². The van der Waals surface area contributed by atoms with Gasteiger partial charge in [-0.1, -0.05) is 5.21 Å². The fourth-order valence-corrected chi connectivity index (χ4v) is 1.85. The third-order valence-electron chi connectivity index (χ3n) is 2.79. The van der Waals surface area contributed by atoms with Gasteiger partial charge in [0.1, 0.15) is 5.75 Å². The van der Waals surface area contributed by atoms with E-state index < -0.39 is 4.92 Å². The van der Waals surface area contributed by atoms with Gasteiger partial charge in [0.05, 0.1) is 24.3 Å². The number of non-ortho nitro benzene ring substituents is 1. The van der Waals surface area contributed by atoms with E-state index in [1.807, 2.05) is 0 Å². The molecule has 0 saturated carbocycles. The molecule has 0 aliphatic rings. The van der Waals surface area contributed by atoms with E-state index in [4.69, 9.17) is 10.5 Å². The van der Waals surface area contributed by atoms with Crippen molar-refractivity contribution in [2.24, 2.45) is 5.73 Å². The molecule has 0 aliphatic heterocycles. The maximum atomic E-state index is 10.8. The molecule has 8 nitrogen and oxygen atoms in total. The van der Waals surface area contributed by atoms with Crippen LogP contribution < -0.4 is 10.5 Å². The molecule has 0 radical (unpaired) electrons. The van der Waals surface area contributed by atoms with Crippen molar-refractivity contribution >= 4 is 5.69 Å². The molecule has 0 spiro atoms. The van der Waals surface area contributed by atoms with Crippen LogP contribution in [-0.4, -0.2) is 33.6 Å². The number of rotatable bonds is 6. The van der Waals surface area contributed by atoms with E-state index in [9.17, 15) is 10.1 Å². The molecule has 0 amide bonds. The van der Waals surface area contributed by atoms with Crippen molar-refractivity contribution in [2.75, 3.05) is 13.7 Å². The van der Waals surface area contributed by atoms with Crippen molar-refractivity contribution in [1.82, 2.24) is 15.0 Å². The molecule has 1 heterocycles. The highest BCUT2D eigenvalue weighted by atomic mass is 16.6. The number of methoxy groups -OCH3 is 1. The normalized spacial score (nSPS) is 10.5. The second-order valence-corrected chi connectivity index (χ2v) is 4.20. The van der Waals surface area contributed by atoms with Gasteiger partial charge in [-0.2, -0.15) is 0 Å². The Morgan fingerprint density at radius 1 is 1.50 bits per heavy atom. The average Bonchev–Trinajstić information content (AvgIpc) is 2.86. The number of nitro groups is 1. The zero-order chi connectivity index (χ0) is 14.5. The Hall–Kier alpha value is -2.48. The van der Waals surface area contributed by atoms with Gasteiger partial charge in [0.2, 0.25) is 0 Å². The Bertz CT molecular complexity index is 611. The highest BCUT2D eigenvalue weighted by Crippen LogP contribution is 2.24. The van der Waals surface area contributed by atoms with Gasteiger partial charge in [0.15, 0.2) is 0 Å². The Kier molecular flexibility index (Phi) is 4.26. The number of nitrogens with zero attached hydrogens (tertiary/aromatic N) is 4. The van der Waals surface area contributed by atoms with Crippen LogP contribution in [0.25, 0.3) is 0 Å². The maximum Gasteiger partial charge on any atom is 0.270 e. The molecule has 20 heavy (non-hydrogen) atoms. The van der Waals surface area contributed by atoms with Crippen molar-refractivity contribution in [3.8, 4) is 5.75 Å². The van der Waals surface area contributed by atoms with Crippen molar-refractivity contribution in [3.05, 3.63) is 45.8 Å². The van der Waals surface area contributed by atoms with Gasteiger partial charge in [-0.15, -0.1) is 5.10 Å². The predicted octanol–water partition coefficient (Wildman–Crippen LogP) is 0.744. The first-order chi connectivity index (χ1) is 9.63. The van der Waals surface area contributed by atoms with E-state index in [2.05, 4.69) is 10.3 Å². The van der Waals surface area contributed by atoms with E-state index in [1.54, 1.807) is 16.9 Å². The molecule has 1 aromatic heterocycles. The fraction of sp³-hybridized carbons (Fsp3) is 0.333. The second-order valence-electron chi connectivity index (χ2n) is 4.20. The standard InChI is InChI=1S/C12H15N5O3/c1-20-12-3-2-11(17(18)19)6-9(12)7-16-8-10(4-5-13)14-15-16/h2-3,6,8H,4-5,7,13H2,1H3. The SMILES string of the molecule is COc1ccc([N+](=O)[O-])cc1Cn1cc(CCN)nn1. The molecule has 0 bridgehead atoms. The van der Waals surface area contributed by atoms with Crippen LogP contribution in [0.1, 0.15) is 11.3 Å². The van der Waals surface area contributed by atoms with Crippen LogP contribution in [0.5, 0.6) is 5.75 Å². The summed E-state index contributed by atoms with van der Waals surface area (Å²) in [6.07, 6.45) is 2.41. The summed E-state index contributed by atoms with van der Waals surface area (Å²) in [4.78, 5) is 10.4.